The van der Waals surface area contributed by atoms with Crippen LogP contribution in [-0.2, 0) is 9.53 Å². The van der Waals surface area contributed by atoms with E-state index in [9.17, 15) is 4.79 Å². The van der Waals surface area contributed by atoms with Crippen LogP contribution in [0.3, 0.4) is 0 Å². The zero-order chi connectivity index (χ0) is 7.11. The third kappa shape index (κ3) is 4.89. The van der Waals surface area contributed by atoms with Crippen molar-refractivity contribution in [3.63, 3.8) is 0 Å². The molecule has 0 N–H and O–H groups in total. The lowest BCUT2D eigenvalue weighted by Crippen LogP contribution is -1.97. The first-order chi connectivity index (χ1) is 4.31. The molecule has 0 radical (unpaired) electrons. The van der Waals surface area contributed by atoms with Gasteiger partial charge in [-0.1, -0.05) is 6.92 Å². The second-order valence-electron chi connectivity index (χ2n) is 1.82. The van der Waals surface area contributed by atoms with Crippen LogP contribution in [0.4, 0.5) is 0 Å². The molecule has 2 heteroatoms. The van der Waals surface area contributed by atoms with Gasteiger partial charge in [0.25, 0.3) is 6.47 Å². The Balaban J connectivity index is 3.08. The van der Waals surface area contributed by atoms with Gasteiger partial charge in [0.05, 0.1) is 6.61 Å². The van der Waals surface area contributed by atoms with Crippen LogP contribution in [0, 0.1) is 18.3 Å². The van der Waals surface area contributed by atoms with Crippen LogP contribution >= 0.6 is 0 Å². The average molecular weight is 126 g/mol. The summed E-state index contributed by atoms with van der Waals surface area (Å²) in [6.45, 7) is 2.77. The summed E-state index contributed by atoms with van der Waals surface area (Å²) in [6.07, 6.45) is 5.81. The van der Waals surface area contributed by atoms with E-state index in [0.29, 0.717) is 13.1 Å². The molecule has 0 saturated heterocycles. The van der Waals surface area contributed by atoms with E-state index in [1.807, 2.05) is 6.92 Å². The third-order valence-electron chi connectivity index (χ3n) is 1.02. The average Bonchev–Trinajstić information content (AvgIpc) is 1.89. The minimum absolute atomic E-state index is 0.199. The Morgan fingerprint density at radius 1 is 1.89 bits per heavy atom. The Morgan fingerprint density at radius 2 is 2.56 bits per heavy atom. The van der Waals surface area contributed by atoms with Crippen LogP contribution in [0.5, 0.6) is 0 Å². The van der Waals surface area contributed by atoms with Gasteiger partial charge in [-0.3, -0.25) is 4.79 Å². The first kappa shape index (κ1) is 8.03. The lowest BCUT2D eigenvalue weighted by atomic mass is 10.1. The summed E-state index contributed by atoms with van der Waals surface area (Å²) in [5.41, 5.74) is 0. The first-order valence-corrected chi connectivity index (χ1v) is 2.82. The first-order valence-electron chi connectivity index (χ1n) is 2.82. The molecule has 9 heavy (non-hydrogen) atoms. The summed E-state index contributed by atoms with van der Waals surface area (Å²) in [6, 6.07) is 0. The number of hydrogen-bond acceptors (Lipinski definition) is 2. The number of terminal acetylenes is 1. The van der Waals surface area contributed by atoms with E-state index in [4.69, 9.17) is 6.42 Å². The number of ether oxygens (including phenoxy) is 1. The SMILES string of the molecule is C#CC(C)CCOC=O. The monoisotopic (exact) mass is 126 g/mol. The molecular weight excluding hydrogens is 116 g/mol. The van der Waals surface area contributed by atoms with Gasteiger partial charge in [0.15, 0.2) is 0 Å². The zero-order valence-corrected chi connectivity index (χ0v) is 5.46. The fourth-order valence-electron chi connectivity index (χ4n) is 0.376. The topological polar surface area (TPSA) is 26.3 Å². The number of carbonyl (C=O) groups excluding carboxylic acids is 1. The van der Waals surface area contributed by atoms with Crippen LogP contribution < -0.4 is 0 Å². The molecule has 0 aromatic rings. The maximum atomic E-state index is 9.60. The largest absolute Gasteiger partial charge is 0.468 e. The molecule has 0 aliphatic rings. The van der Waals surface area contributed by atoms with E-state index in [-0.39, 0.29) is 5.92 Å². The number of carbonyl (C=O) groups is 1. The highest BCUT2D eigenvalue weighted by Gasteiger charge is 1.94. The molecule has 1 unspecified atom stereocenters. The molecule has 0 spiro atoms. The lowest BCUT2D eigenvalue weighted by Gasteiger charge is -1.99. The van der Waals surface area contributed by atoms with Crippen molar-refractivity contribution in [3.05, 3.63) is 0 Å². The van der Waals surface area contributed by atoms with Gasteiger partial charge in [-0.05, 0) is 6.42 Å². The summed E-state index contributed by atoms with van der Waals surface area (Å²) >= 11 is 0. The molecule has 0 rings (SSSR count). The van der Waals surface area contributed by atoms with Crippen LogP contribution in [0.1, 0.15) is 13.3 Å². The van der Waals surface area contributed by atoms with Crippen LogP contribution in [-0.4, -0.2) is 13.1 Å². The van der Waals surface area contributed by atoms with Gasteiger partial charge in [-0.15, -0.1) is 12.3 Å². The van der Waals surface area contributed by atoms with Gasteiger partial charge in [-0.2, -0.15) is 0 Å². The number of hydrogen-bond donors (Lipinski definition) is 0. The van der Waals surface area contributed by atoms with Crippen molar-refractivity contribution in [2.75, 3.05) is 6.61 Å². The van der Waals surface area contributed by atoms with E-state index < -0.39 is 0 Å². The lowest BCUT2D eigenvalue weighted by molar-refractivity contribution is -0.128. The molecule has 0 bridgehead atoms. The van der Waals surface area contributed by atoms with Crippen LogP contribution in [0.2, 0.25) is 0 Å². The van der Waals surface area contributed by atoms with Gasteiger partial charge in [-0.25, -0.2) is 0 Å². The molecule has 0 saturated carbocycles. The van der Waals surface area contributed by atoms with Gasteiger partial charge in [0.2, 0.25) is 0 Å². The Morgan fingerprint density at radius 3 is 3.00 bits per heavy atom. The minimum Gasteiger partial charge on any atom is -0.468 e. The van der Waals surface area contributed by atoms with Crippen molar-refractivity contribution in [2.45, 2.75) is 13.3 Å². The molecule has 0 amide bonds. The molecule has 0 aliphatic heterocycles. The molecule has 0 heterocycles. The summed E-state index contributed by atoms with van der Waals surface area (Å²) < 4.78 is 4.43. The Hall–Kier alpha value is -0.970. The Kier molecular flexibility index (Phi) is 4.61. The fraction of sp³-hybridized carbons (Fsp3) is 0.571. The highest BCUT2D eigenvalue weighted by atomic mass is 16.5. The van der Waals surface area contributed by atoms with Gasteiger partial charge in [0, 0.05) is 5.92 Å². The highest BCUT2D eigenvalue weighted by molar-refractivity contribution is 5.36. The molecule has 2 nitrogen and oxygen atoms in total. The Labute approximate surface area is 55.2 Å². The van der Waals surface area contributed by atoms with E-state index in [1.54, 1.807) is 0 Å². The summed E-state index contributed by atoms with van der Waals surface area (Å²) in [5.74, 6) is 2.73. The highest BCUT2D eigenvalue weighted by Crippen LogP contribution is 1.97. The van der Waals surface area contributed by atoms with Gasteiger partial charge < -0.3 is 4.74 Å². The van der Waals surface area contributed by atoms with Crippen LogP contribution in [0.15, 0.2) is 0 Å². The quantitative estimate of drug-likeness (QED) is 0.316. The van der Waals surface area contributed by atoms with Crippen molar-refractivity contribution >= 4 is 6.47 Å². The van der Waals surface area contributed by atoms with Crippen molar-refractivity contribution < 1.29 is 9.53 Å². The Bertz CT molecular complexity index is 113. The zero-order valence-electron chi connectivity index (χ0n) is 5.46. The van der Waals surface area contributed by atoms with E-state index >= 15 is 0 Å². The third-order valence-corrected chi connectivity index (χ3v) is 1.02. The van der Waals surface area contributed by atoms with Crippen molar-refractivity contribution in [3.8, 4) is 12.3 Å². The molecule has 0 aromatic heterocycles. The minimum atomic E-state index is 0.199. The predicted octanol–water partition coefficient (Wildman–Crippen LogP) is 0.819. The maximum Gasteiger partial charge on any atom is 0.293 e. The van der Waals surface area contributed by atoms with Crippen molar-refractivity contribution in [1.29, 1.82) is 0 Å². The molecular formula is C7H10O2. The molecule has 0 fully saturated rings. The van der Waals surface area contributed by atoms with Gasteiger partial charge >= 0.3 is 0 Å². The maximum absolute atomic E-state index is 9.60. The van der Waals surface area contributed by atoms with Crippen LogP contribution in [0.25, 0.3) is 0 Å². The predicted molar refractivity (Wildman–Crippen MR) is 34.6 cm³/mol. The number of rotatable bonds is 4. The fourth-order valence-corrected chi connectivity index (χ4v) is 0.376. The summed E-state index contributed by atoms with van der Waals surface area (Å²) in [5, 5.41) is 0. The van der Waals surface area contributed by atoms with E-state index in [0.717, 1.165) is 6.42 Å². The summed E-state index contributed by atoms with van der Waals surface area (Å²) in [7, 11) is 0. The molecule has 1 atom stereocenters. The normalized spacial score (nSPS) is 11.6. The van der Waals surface area contributed by atoms with Crippen molar-refractivity contribution in [2.24, 2.45) is 5.92 Å². The molecule has 0 aliphatic carbocycles. The standard InChI is InChI=1S/C7H10O2/c1-3-7(2)4-5-9-6-8/h1,6-7H,4-5H2,2H3. The molecule has 0 aromatic carbocycles. The molecule has 50 valence electrons. The second-order valence-corrected chi connectivity index (χ2v) is 1.82. The summed E-state index contributed by atoms with van der Waals surface area (Å²) in [4.78, 5) is 9.60. The van der Waals surface area contributed by atoms with Gasteiger partial charge in [0.1, 0.15) is 0 Å². The van der Waals surface area contributed by atoms with E-state index in [1.165, 1.54) is 0 Å². The van der Waals surface area contributed by atoms with E-state index in [2.05, 4.69) is 10.7 Å². The van der Waals surface area contributed by atoms with Crippen molar-refractivity contribution in [1.82, 2.24) is 0 Å². The second kappa shape index (κ2) is 5.17. The smallest absolute Gasteiger partial charge is 0.293 e.